The largest absolute Gasteiger partial charge is 0.341 e. The topological polar surface area (TPSA) is 52.2 Å². The monoisotopic (exact) mass is 338 g/mol. The normalized spacial score (nSPS) is 15.4. The summed E-state index contributed by atoms with van der Waals surface area (Å²) in [5.41, 5.74) is 2.49. The number of anilines is 1. The molecule has 1 fully saturated rings. The van der Waals surface area contributed by atoms with E-state index in [4.69, 9.17) is 0 Å². The molecule has 1 aliphatic rings. The lowest BCUT2D eigenvalue weighted by Crippen LogP contribution is -2.35. The van der Waals surface area contributed by atoms with Crippen molar-refractivity contribution in [3.8, 4) is 0 Å². The molecule has 0 spiro atoms. The van der Waals surface area contributed by atoms with Crippen LogP contribution in [-0.4, -0.2) is 47.0 Å². The van der Waals surface area contributed by atoms with E-state index in [1.165, 1.54) is 12.1 Å². The first-order valence-electron chi connectivity index (χ1n) is 8.45. The second kappa shape index (κ2) is 6.55. The van der Waals surface area contributed by atoms with Crippen LogP contribution in [0.3, 0.4) is 0 Å². The minimum atomic E-state index is -0.330. The molecule has 0 radical (unpaired) electrons. The Bertz CT molecular complexity index is 857. The van der Waals surface area contributed by atoms with Gasteiger partial charge in [-0.15, -0.1) is 0 Å². The van der Waals surface area contributed by atoms with E-state index in [1.54, 1.807) is 12.1 Å². The summed E-state index contributed by atoms with van der Waals surface area (Å²) in [7, 11) is 0. The maximum atomic E-state index is 13.0. The van der Waals surface area contributed by atoms with Crippen molar-refractivity contribution in [2.45, 2.75) is 6.42 Å². The molecule has 0 aliphatic carbocycles. The summed E-state index contributed by atoms with van der Waals surface area (Å²) < 4.78 is 13.0. The molecule has 0 atom stereocenters. The Morgan fingerprint density at radius 1 is 1.00 bits per heavy atom. The number of hydrogen-bond acceptors (Lipinski definition) is 3. The van der Waals surface area contributed by atoms with Crippen LogP contribution in [0, 0.1) is 5.82 Å². The molecular formula is C19H19FN4O. The SMILES string of the molecule is O=C(c1ccc(F)cc1)N1CCCN(c2nc3ccccc3[nH]2)CC1. The van der Waals surface area contributed by atoms with E-state index in [-0.39, 0.29) is 11.7 Å². The molecule has 5 nitrogen and oxygen atoms in total. The van der Waals surface area contributed by atoms with E-state index in [2.05, 4.69) is 14.9 Å². The number of aromatic nitrogens is 2. The minimum absolute atomic E-state index is 0.0496. The molecule has 0 saturated carbocycles. The lowest BCUT2D eigenvalue weighted by atomic mass is 10.2. The van der Waals surface area contributed by atoms with Crippen molar-refractivity contribution >= 4 is 22.9 Å². The molecule has 2 aromatic carbocycles. The van der Waals surface area contributed by atoms with Crippen LogP contribution >= 0.6 is 0 Å². The first-order chi connectivity index (χ1) is 12.2. The molecular weight excluding hydrogens is 319 g/mol. The van der Waals surface area contributed by atoms with Gasteiger partial charge in [-0.1, -0.05) is 12.1 Å². The number of hydrogen-bond donors (Lipinski definition) is 1. The van der Waals surface area contributed by atoms with Gasteiger partial charge in [-0.05, 0) is 42.8 Å². The lowest BCUT2D eigenvalue weighted by Gasteiger charge is -2.21. The molecule has 1 amide bonds. The molecule has 128 valence electrons. The third-order valence-corrected chi connectivity index (χ3v) is 4.55. The van der Waals surface area contributed by atoms with Crippen molar-refractivity contribution in [3.05, 3.63) is 59.9 Å². The van der Waals surface area contributed by atoms with Crippen LogP contribution in [0.25, 0.3) is 11.0 Å². The van der Waals surface area contributed by atoms with Gasteiger partial charge in [-0.25, -0.2) is 9.37 Å². The summed E-state index contributed by atoms with van der Waals surface area (Å²) >= 11 is 0. The average molecular weight is 338 g/mol. The number of rotatable bonds is 2. The summed E-state index contributed by atoms with van der Waals surface area (Å²) in [5.74, 6) is 0.465. The number of amides is 1. The molecule has 0 unspecified atom stereocenters. The van der Waals surface area contributed by atoms with Crippen molar-refractivity contribution in [1.29, 1.82) is 0 Å². The zero-order valence-corrected chi connectivity index (χ0v) is 13.8. The van der Waals surface area contributed by atoms with Crippen LogP contribution in [-0.2, 0) is 0 Å². The maximum Gasteiger partial charge on any atom is 0.253 e. The van der Waals surface area contributed by atoms with Crippen molar-refractivity contribution in [2.24, 2.45) is 0 Å². The van der Waals surface area contributed by atoms with Crippen molar-refractivity contribution in [3.63, 3.8) is 0 Å². The highest BCUT2D eigenvalue weighted by molar-refractivity contribution is 5.94. The van der Waals surface area contributed by atoms with Gasteiger partial charge in [-0.3, -0.25) is 4.79 Å². The Labute approximate surface area is 145 Å². The second-order valence-electron chi connectivity index (χ2n) is 6.22. The van der Waals surface area contributed by atoms with Crippen molar-refractivity contribution in [1.82, 2.24) is 14.9 Å². The van der Waals surface area contributed by atoms with E-state index in [9.17, 15) is 9.18 Å². The van der Waals surface area contributed by atoms with Crippen LogP contribution in [0.4, 0.5) is 10.3 Å². The minimum Gasteiger partial charge on any atom is -0.341 e. The number of carbonyl (C=O) groups excluding carboxylic acids is 1. The van der Waals surface area contributed by atoms with Gasteiger partial charge in [0, 0.05) is 31.7 Å². The van der Waals surface area contributed by atoms with E-state index in [1.807, 2.05) is 29.2 Å². The van der Waals surface area contributed by atoms with Crippen molar-refractivity contribution in [2.75, 3.05) is 31.1 Å². The highest BCUT2D eigenvalue weighted by atomic mass is 19.1. The Kier molecular flexibility index (Phi) is 4.09. The predicted octanol–water partition coefficient (Wildman–Crippen LogP) is 3.05. The summed E-state index contributed by atoms with van der Waals surface area (Å²) in [6, 6.07) is 13.7. The first-order valence-corrected chi connectivity index (χ1v) is 8.45. The highest BCUT2D eigenvalue weighted by Gasteiger charge is 2.21. The summed E-state index contributed by atoms with van der Waals surface area (Å²) in [6.45, 7) is 2.86. The number of imidazole rings is 1. The maximum absolute atomic E-state index is 13.0. The molecule has 6 heteroatoms. The smallest absolute Gasteiger partial charge is 0.253 e. The molecule has 1 N–H and O–H groups in total. The van der Waals surface area contributed by atoms with Gasteiger partial charge in [0.15, 0.2) is 0 Å². The quantitative estimate of drug-likeness (QED) is 0.781. The Morgan fingerprint density at radius 3 is 2.60 bits per heavy atom. The summed E-state index contributed by atoms with van der Waals surface area (Å²) in [5, 5.41) is 0. The van der Waals surface area contributed by atoms with Crippen LogP contribution in [0.5, 0.6) is 0 Å². The number of H-pyrrole nitrogens is 1. The summed E-state index contributed by atoms with van der Waals surface area (Å²) in [6.07, 6.45) is 0.865. The molecule has 25 heavy (non-hydrogen) atoms. The number of aromatic amines is 1. The zero-order chi connectivity index (χ0) is 17.2. The lowest BCUT2D eigenvalue weighted by molar-refractivity contribution is 0.0767. The third kappa shape index (κ3) is 3.20. The van der Waals surface area contributed by atoms with Gasteiger partial charge in [-0.2, -0.15) is 0 Å². The second-order valence-corrected chi connectivity index (χ2v) is 6.22. The number of halogens is 1. The van der Waals surface area contributed by atoms with E-state index in [0.29, 0.717) is 25.2 Å². The van der Waals surface area contributed by atoms with Crippen LogP contribution in [0.15, 0.2) is 48.5 Å². The van der Waals surface area contributed by atoms with Crippen molar-refractivity contribution < 1.29 is 9.18 Å². The molecule has 1 aliphatic heterocycles. The number of carbonyl (C=O) groups is 1. The fourth-order valence-corrected chi connectivity index (χ4v) is 3.20. The van der Waals surface area contributed by atoms with Gasteiger partial charge >= 0.3 is 0 Å². The fraction of sp³-hybridized carbons (Fsp3) is 0.263. The number of nitrogens with one attached hydrogen (secondary N) is 1. The van der Waals surface area contributed by atoms with Crippen LogP contribution in [0.2, 0.25) is 0 Å². The van der Waals surface area contributed by atoms with Gasteiger partial charge in [0.05, 0.1) is 11.0 Å². The average Bonchev–Trinajstić information content (AvgIpc) is 2.91. The Balaban J connectivity index is 1.48. The number of para-hydroxylation sites is 2. The van der Waals surface area contributed by atoms with Gasteiger partial charge in [0.25, 0.3) is 5.91 Å². The van der Waals surface area contributed by atoms with Gasteiger partial charge in [0.1, 0.15) is 5.82 Å². The standard InChI is InChI=1S/C19H19FN4O/c20-15-8-6-14(7-9-15)18(25)23-10-3-11-24(13-12-23)19-21-16-4-1-2-5-17(16)22-19/h1-2,4-9H,3,10-13H2,(H,21,22). The number of fused-ring (bicyclic) bond motifs is 1. The summed E-state index contributed by atoms with van der Waals surface area (Å²) in [4.78, 5) is 24.6. The number of nitrogens with zero attached hydrogens (tertiary/aromatic N) is 3. The highest BCUT2D eigenvalue weighted by Crippen LogP contribution is 2.19. The van der Waals surface area contributed by atoms with E-state index in [0.717, 1.165) is 29.9 Å². The molecule has 3 aromatic rings. The fourth-order valence-electron chi connectivity index (χ4n) is 3.20. The zero-order valence-electron chi connectivity index (χ0n) is 13.8. The number of benzene rings is 2. The third-order valence-electron chi connectivity index (χ3n) is 4.55. The molecule has 1 aromatic heterocycles. The molecule has 0 bridgehead atoms. The van der Waals surface area contributed by atoms with E-state index >= 15 is 0 Å². The van der Waals surface area contributed by atoms with E-state index < -0.39 is 0 Å². The molecule has 4 rings (SSSR count). The molecule has 2 heterocycles. The Morgan fingerprint density at radius 2 is 1.80 bits per heavy atom. The Hall–Kier alpha value is -2.89. The van der Waals surface area contributed by atoms with Crippen LogP contribution < -0.4 is 4.90 Å². The molecule has 1 saturated heterocycles. The van der Waals surface area contributed by atoms with Crippen LogP contribution in [0.1, 0.15) is 16.8 Å². The first kappa shape index (κ1) is 15.6. The predicted molar refractivity (Wildman–Crippen MR) is 95.2 cm³/mol. The van der Waals surface area contributed by atoms with Gasteiger partial charge < -0.3 is 14.8 Å². The van der Waals surface area contributed by atoms with Gasteiger partial charge in [0.2, 0.25) is 5.95 Å².